The Balaban J connectivity index is 1.69. The Morgan fingerprint density at radius 3 is 2.81 bits per heavy atom. The van der Waals surface area contributed by atoms with Gasteiger partial charge in [0.2, 0.25) is 5.95 Å². The van der Waals surface area contributed by atoms with Crippen LogP contribution < -0.4 is 10.6 Å². The number of carbonyl (C=O) groups is 1. The van der Waals surface area contributed by atoms with E-state index in [0.29, 0.717) is 41.6 Å². The van der Waals surface area contributed by atoms with Crippen LogP contribution >= 0.6 is 11.6 Å². The molecule has 0 radical (unpaired) electrons. The fourth-order valence-corrected chi connectivity index (χ4v) is 4.00. The largest absolute Gasteiger partial charge is 0.480 e. The van der Waals surface area contributed by atoms with Gasteiger partial charge in [0.1, 0.15) is 11.9 Å². The molecule has 0 spiro atoms. The highest BCUT2D eigenvalue weighted by molar-refractivity contribution is 6.30. The number of imidazole rings is 1. The van der Waals surface area contributed by atoms with Crippen molar-refractivity contribution in [1.82, 2.24) is 19.5 Å². The summed E-state index contributed by atoms with van der Waals surface area (Å²) in [5, 5.41) is 15.6. The van der Waals surface area contributed by atoms with E-state index in [9.17, 15) is 14.3 Å². The minimum absolute atomic E-state index is 0.0641. The smallest absolute Gasteiger partial charge is 0.326 e. The maximum absolute atomic E-state index is 13.8. The highest BCUT2D eigenvalue weighted by Gasteiger charge is 2.23. The van der Waals surface area contributed by atoms with Crippen molar-refractivity contribution < 1.29 is 14.3 Å². The van der Waals surface area contributed by atoms with Crippen LogP contribution in [0.4, 0.5) is 16.2 Å². The molecule has 164 valence electrons. The zero-order valence-electron chi connectivity index (χ0n) is 17.1. The average molecular weight is 447 g/mol. The monoisotopic (exact) mass is 446 g/mol. The molecule has 3 aromatic rings. The molecule has 0 aliphatic heterocycles. The molecule has 8 nitrogen and oxygen atoms in total. The normalized spacial score (nSPS) is 15.3. The lowest BCUT2D eigenvalue weighted by Crippen LogP contribution is -2.29. The number of hydrogen-bond donors (Lipinski definition) is 3. The van der Waals surface area contributed by atoms with Gasteiger partial charge < -0.3 is 20.3 Å². The number of benzene rings is 1. The van der Waals surface area contributed by atoms with Crippen molar-refractivity contribution >= 4 is 40.5 Å². The third-order valence-corrected chi connectivity index (χ3v) is 5.90. The van der Waals surface area contributed by atoms with E-state index in [1.54, 1.807) is 19.3 Å². The Labute approximate surface area is 183 Å². The maximum atomic E-state index is 13.8. The first-order valence-electron chi connectivity index (χ1n) is 10.4. The van der Waals surface area contributed by atoms with Crippen molar-refractivity contribution in [3.8, 4) is 0 Å². The summed E-state index contributed by atoms with van der Waals surface area (Å²) in [7, 11) is 0. The quantitative estimate of drug-likeness (QED) is 0.463. The number of halogens is 2. The van der Waals surface area contributed by atoms with Gasteiger partial charge >= 0.3 is 5.97 Å². The zero-order valence-corrected chi connectivity index (χ0v) is 17.9. The second-order valence-electron chi connectivity index (χ2n) is 7.70. The molecule has 31 heavy (non-hydrogen) atoms. The molecule has 0 bridgehead atoms. The highest BCUT2D eigenvalue weighted by atomic mass is 35.5. The van der Waals surface area contributed by atoms with E-state index in [1.807, 2.05) is 4.57 Å². The number of nitrogens with one attached hydrogen (secondary N) is 2. The van der Waals surface area contributed by atoms with Gasteiger partial charge in [0.15, 0.2) is 17.0 Å². The summed E-state index contributed by atoms with van der Waals surface area (Å²) in [6, 6.07) is 4.10. The van der Waals surface area contributed by atoms with Crippen molar-refractivity contribution in [2.45, 2.75) is 57.7 Å². The first-order valence-corrected chi connectivity index (χ1v) is 10.8. The lowest BCUT2D eigenvalue weighted by molar-refractivity contribution is -0.138. The van der Waals surface area contributed by atoms with E-state index in [0.717, 1.165) is 25.7 Å². The van der Waals surface area contributed by atoms with Gasteiger partial charge in [-0.1, -0.05) is 37.4 Å². The van der Waals surface area contributed by atoms with E-state index in [4.69, 9.17) is 11.6 Å². The SMILES string of the molecule is CC[C@@H](Nc1nc(NCc2ccc(Cl)c(F)c2)c2ncn(C3CCCC3)c2n1)C(=O)O. The summed E-state index contributed by atoms with van der Waals surface area (Å²) >= 11 is 5.76. The van der Waals surface area contributed by atoms with Crippen molar-refractivity contribution in [3.63, 3.8) is 0 Å². The summed E-state index contributed by atoms with van der Waals surface area (Å²) in [6.07, 6.45) is 6.57. The molecule has 1 aromatic carbocycles. The number of anilines is 2. The Hall–Kier alpha value is -2.94. The van der Waals surface area contributed by atoms with Crippen LogP contribution in [0.1, 0.15) is 50.6 Å². The Morgan fingerprint density at radius 1 is 1.35 bits per heavy atom. The number of aromatic nitrogens is 4. The molecule has 2 heterocycles. The summed E-state index contributed by atoms with van der Waals surface area (Å²) in [5.41, 5.74) is 1.93. The number of aliphatic carboxylic acids is 1. The zero-order chi connectivity index (χ0) is 22.0. The van der Waals surface area contributed by atoms with Crippen LogP contribution in [0.25, 0.3) is 11.2 Å². The third kappa shape index (κ3) is 4.56. The fourth-order valence-electron chi connectivity index (χ4n) is 3.88. The summed E-state index contributed by atoms with van der Waals surface area (Å²) in [4.78, 5) is 25.1. The first kappa shape index (κ1) is 21.3. The molecule has 1 saturated carbocycles. The fraction of sp³-hybridized carbons (Fsp3) is 0.429. The molecule has 0 unspecified atom stereocenters. The second kappa shape index (κ2) is 9.05. The van der Waals surface area contributed by atoms with Crippen LogP contribution in [0.15, 0.2) is 24.5 Å². The van der Waals surface area contributed by atoms with Gasteiger partial charge in [-0.2, -0.15) is 9.97 Å². The molecular formula is C21H24ClFN6O2. The number of nitrogens with zero attached hydrogens (tertiary/aromatic N) is 4. The number of fused-ring (bicyclic) bond motifs is 1. The average Bonchev–Trinajstić information content (AvgIpc) is 3.42. The second-order valence-corrected chi connectivity index (χ2v) is 8.11. The van der Waals surface area contributed by atoms with Gasteiger partial charge in [-0.05, 0) is 37.0 Å². The van der Waals surface area contributed by atoms with Gasteiger partial charge in [-0.15, -0.1) is 0 Å². The van der Waals surface area contributed by atoms with Crippen molar-refractivity contribution in [2.24, 2.45) is 0 Å². The van der Waals surface area contributed by atoms with Crippen LogP contribution in [0.2, 0.25) is 5.02 Å². The molecule has 10 heteroatoms. The first-order chi connectivity index (χ1) is 15.0. The number of rotatable bonds is 8. The standard InChI is InChI=1S/C21H24ClFN6O2/c1-2-16(20(30)31)26-21-27-18(24-10-12-7-8-14(22)15(23)9-12)17-19(28-21)29(11-25-17)13-5-3-4-6-13/h7-9,11,13,16H,2-6,10H2,1H3,(H,30,31)(H2,24,26,27,28)/t16-/m1/s1. The lowest BCUT2D eigenvalue weighted by atomic mass is 10.2. The van der Waals surface area contributed by atoms with Crippen LogP contribution in [0.3, 0.4) is 0 Å². The van der Waals surface area contributed by atoms with Crippen LogP contribution in [-0.4, -0.2) is 36.6 Å². The minimum atomic E-state index is -0.971. The predicted molar refractivity (Wildman–Crippen MR) is 117 cm³/mol. The molecule has 1 aliphatic rings. The van der Waals surface area contributed by atoms with Gasteiger partial charge in [-0.25, -0.2) is 14.2 Å². The highest BCUT2D eigenvalue weighted by Crippen LogP contribution is 2.33. The maximum Gasteiger partial charge on any atom is 0.326 e. The molecule has 1 fully saturated rings. The van der Waals surface area contributed by atoms with Crippen molar-refractivity contribution in [2.75, 3.05) is 10.6 Å². The molecule has 0 saturated heterocycles. The third-order valence-electron chi connectivity index (χ3n) is 5.59. The lowest BCUT2D eigenvalue weighted by Gasteiger charge is -2.16. The van der Waals surface area contributed by atoms with E-state index >= 15 is 0 Å². The van der Waals surface area contributed by atoms with Gasteiger partial charge in [0, 0.05) is 12.6 Å². The van der Waals surface area contributed by atoms with Gasteiger partial charge in [0.25, 0.3) is 0 Å². The topological polar surface area (TPSA) is 105 Å². The number of carboxylic acid groups (broad SMARTS) is 1. The number of carboxylic acids is 1. The van der Waals surface area contributed by atoms with Crippen LogP contribution in [0.5, 0.6) is 0 Å². The minimum Gasteiger partial charge on any atom is -0.480 e. The van der Waals surface area contributed by atoms with E-state index in [1.165, 1.54) is 12.1 Å². The van der Waals surface area contributed by atoms with E-state index in [-0.39, 0.29) is 11.0 Å². The molecule has 3 N–H and O–H groups in total. The van der Waals surface area contributed by atoms with Crippen molar-refractivity contribution in [1.29, 1.82) is 0 Å². The molecular weight excluding hydrogens is 423 g/mol. The van der Waals surface area contributed by atoms with E-state index in [2.05, 4.69) is 25.6 Å². The van der Waals surface area contributed by atoms with Crippen molar-refractivity contribution in [3.05, 3.63) is 40.9 Å². The molecule has 0 amide bonds. The van der Waals surface area contributed by atoms with Crippen LogP contribution in [-0.2, 0) is 11.3 Å². The van der Waals surface area contributed by atoms with Gasteiger partial charge in [0.05, 0.1) is 11.3 Å². The molecule has 1 atom stereocenters. The Morgan fingerprint density at radius 2 is 2.13 bits per heavy atom. The van der Waals surface area contributed by atoms with Crippen LogP contribution in [0, 0.1) is 5.82 Å². The summed E-state index contributed by atoms with van der Waals surface area (Å²) < 4.78 is 15.8. The Bertz CT molecular complexity index is 1100. The predicted octanol–water partition coefficient (Wildman–Crippen LogP) is 4.62. The Kier molecular flexibility index (Phi) is 6.22. The number of hydrogen-bond acceptors (Lipinski definition) is 6. The van der Waals surface area contributed by atoms with Gasteiger partial charge in [-0.3, -0.25) is 0 Å². The van der Waals surface area contributed by atoms with E-state index < -0.39 is 17.8 Å². The summed E-state index contributed by atoms with van der Waals surface area (Å²) in [5.74, 6) is -0.790. The summed E-state index contributed by atoms with van der Waals surface area (Å²) in [6.45, 7) is 2.08. The molecule has 1 aliphatic carbocycles. The molecule has 2 aromatic heterocycles. The molecule has 4 rings (SSSR count).